The lowest BCUT2D eigenvalue weighted by molar-refractivity contribution is -0.384. The summed E-state index contributed by atoms with van der Waals surface area (Å²) < 4.78 is 10.4. The van der Waals surface area contributed by atoms with Crippen LogP contribution in [0.3, 0.4) is 0 Å². The van der Waals surface area contributed by atoms with Gasteiger partial charge in [-0.2, -0.15) is 0 Å². The molecule has 2 rings (SSSR count). The summed E-state index contributed by atoms with van der Waals surface area (Å²) in [4.78, 5) is 23.4. The first-order valence-corrected chi connectivity index (χ1v) is 6.68. The quantitative estimate of drug-likeness (QED) is 0.602. The molecule has 1 amide bonds. The predicted octanol–water partition coefficient (Wildman–Crippen LogP) is 2.88. The van der Waals surface area contributed by atoms with Crippen LogP contribution in [-0.4, -0.2) is 29.4 Å². The summed E-state index contributed by atoms with van der Waals surface area (Å²) in [6, 6.07) is 7.30. The fourth-order valence-corrected chi connectivity index (χ4v) is 1.92. The van der Waals surface area contributed by atoms with Crippen LogP contribution >= 0.6 is 11.6 Å². The van der Waals surface area contributed by atoms with E-state index in [2.05, 4.69) is 0 Å². The Bertz CT molecular complexity index is 672. The number of halogens is 1. The van der Waals surface area contributed by atoms with Crippen molar-refractivity contribution in [1.82, 2.24) is 4.90 Å². The van der Waals surface area contributed by atoms with Gasteiger partial charge in [-0.1, -0.05) is 11.6 Å². The van der Waals surface area contributed by atoms with Crippen molar-refractivity contribution in [2.24, 2.45) is 0 Å². The highest BCUT2D eigenvalue weighted by atomic mass is 35.5. The van der Waals surface area contributed by atoms with Gasteiger partial charge in [-0.3, -0.25) is 14.9 Å². The predicted molar refractivity (Wildman–Crippen MR) is 78.8 cm³/mol. The number of non-ortho nitro benzene ring substituents is 1. The number of nitro benzene ring substituents is 1. The fourth-order valence-electron chi connectivity index (χ4n) is 1.69. The van der Waals surface area contributed by atoms with E-state index in [9.17, 15) is 14.9 Å². The number of furan rings is 1. The summed E-state index contributed by atoms with van der Waals surface area (Å²) in [5.74, 6) is 0.599. The summed E-state index contributed by atoms with van der Waals surface area (Å²) in [6.07, 6.45) is 1.53. The largest absolute Gasteiger partial charge is 0.482 e. The average Bonchev–Trinajstić information content (AvgIpc) is 2.98. The van der Waals surface area contributed by atoms with Crippen molar-refractivity contribution in [3.05, 3.63) is 57.5 Å². The Kier molecular flexibility index (Phi) is 5.00. The summed E-state index contributed by atoms with van der Waals surface area (Å²) in [6.45, 7) is 0.0952. The van der Waals surface area contributed by atoms with E-state index in [1.54, 1.807) is 19.2 Å². The Morgan fingerprint density at radius 3 is 2.82 bits per heavy atom. The maximum atomic E-state index is 11.9. The molecule has 8 heteroatoms. The maximum absolute atomic E-state index is 11.9. The first-order valence-electron chi connectivity index (χ1n) is 6.30. The van der Waals surface area contributed by atoms with Crippen molar-refractivity contribution >= 4 is 23.2 Å². The van der Waals surface area contributed by atoms with Gasteiger partial charge >= 0.3 is 0 Å². The van der Waals surface area contributed by atoms with Crippen LogP contribution in [0, 0.1) is 10.1 Å². The van der Waals surface area contributed by atoms with Crippen LogP contribution in [0.2, 0.25) is 5.02 Å². The third-order valence-electron chi connectivity index (χ3n) is 2.88. The molecule has 7 nitrogen and oxygen atoms in total. The van der Waals surface area contributed by atoms with E-state index in [1.807, 2.05) is 0 Å². The lowest BCUT2D eigenvalue weighted by Crippen LogP contribution is -2.30. The van der Waals surface area contributed by atoms with Gasteiger partial charge in [0, 0.05) is 19.2 Å². The number of rotatable bonds is 6. The van der Waals surface area contributed by atoms with E-state index in [4.69, 9.17) is 20.8 Å². The molecule has 0 aliphatic heterocycles. The third kappa shape index (κ3) is 3.98. The van der Waals surface area contributed by atoms with Gasteiger partial charge in [0.15, 0.2) is 6.61 Å². The van der Waals surface area contributed by atoms with Crippen molar-refractivity contribution in [3.8, 4) is 5.75 Å². The van der Waals surface area contributed by atoms with Gasteiger partial charge in [0.1, 0.15) is 11.5 Å². The van der Waals surface area contributed by atoms with Crippen LogP contribution in [0.1, 0.15) is 5.76 Å². The minimum absolute atomic E-state index is 0.0793. The van der Waals surface area contributed by atoms with Gasteiger partial charge in [0.25, 0.3) is 11.6 Å². The highest BCUT2D eigenvalue weighted by molar-refractivity contribution is 6.32. The van der Waals surface area contributed by atoms with Crippen molar-refractivity contribution in [1.29, 1.82) is 0 Å². The standard InChI is InChI=1S/C14H13ClN2O5/c1-16(8-11-3-2-6-21-11)14(18)9-22-13-5-4-10(17(19)20)7-12(13)15/h2-7H,8-9H2,1H3. The second-order valence-corrected chi connectivity index (χ2v) is 4.90. The normalized spacial score (nSPS) is 10.3. The zero-order valence-corrected chi connectivity index (χ0v) is 12.4. The third-order valence-corrected chi connectivity index (χ3v) is 3.17. The molecule has 2 aromatic rings. The topological polar surface area (TPSA) is 85.8 Å². The first kappa shape index (κ1) is 15.8. The van der Waals surface area contributed by atoms with Gasteiger partial charge in [-0.15, -0.1) is 0 Å². The van der Waals surface area contributed by atoms with E-state index in [-0.39, 0.29) is 29.0 Å². The lowest BCUT2D eigenvalue weighted by Gasteiger charge is -2.16. The molecule has 0 spiro atoms. The van der Waals surface area contributed by atoms with Gasteiger partial charge < -0.3 is 14.1 Å². The van der Waals surface area contributed by atoms with E-state index in [0.29, 0.717) is 12.3 Å². The van der Waals surface area contributed by atoms with Crippen LogP contribution in [0.15, 0.2) is 41.0 Å². The van der Waals surface area contributed by atoms with Crippen LogP contribution in [0.25, 0.3) is 0 Å². The minimum Gasteiger partial charge on any atom is -0.482 e. The molecule has 1 aromatic heterocycles. The number of hydrogen-bond donors (Lipinski definition) is 0. The van der Waals surface area contributed by atoms with Crippen LogP contribution < -0.4 is 4.74 Å². The van der Waals surface area contributed by atoms with Crippen LogP contribution in [0.5, 0.6) is 5.75 Å². The fraction of sp³-hybridized carbons (Fsp3) is 0.214. The molecule has 0 fully saturated rings. The number of benzene rings is 1. The average molecular weight is 325 g/mol. The zero-order chi connectivity index (χ0) is 16.1. The Morgan fingerprint density at radius 2 is 2.23 bits per heavy atom. The minimum atomic E-state index is -0.558. The molecule has 0 atom stereocenters. The molecule has 22 heavy (non-hydrogen) atoms. The summed E-state index contributed by atoms with van der Waals surface area (Å²) in [7, 11) is 1.62. The highest BCUT2D eigenvalue weighted by Gasteiger charge is 2.14. The monoisotopic (exact) mass is 324 g/mol. The van der Waals surface area contributed by atoms with Crippen LogP contribution in [-0.2, 0) is 11.3 Å². The Morgan fingerprint density at radius 1 is 1.45 bits per heavy atom. The van der Waals surface area contributed by atoms with E-state index in [0.717, 1.165) is 0 Å². The van der Waals surface area contributed by atoms with Gasteiger partial charge in [-0.05, 0) is 18.2 Å². The summed E-state index contributed by atoms with van der Waals surface area (Å²) in [5.41, 5.74) is -0.140. The van der Waals surface area contributed by atoms with Crippen LogP contribution in [0.4, 0.5) is 5.69 Å². The van der Waals surface area contributed by atoms with Gasteiger partial charge in [0.2, 0.25) is 0 Å². The number of carbonyl (C=O) groups excluding carboxylic acids is 1. The molecule has 0 bridgehead atoms. The number of likely N-dealkylation sites (N-methyl/N-ethyl adjacent to an activating group) is 1. The number of amides is 1. The van der Waals surface area contributed by atoms with Gasteiger partial charge in [0.05, 0.1) is 22.8 Å². The van der Waals surface area contributed by atoms with E-state index >= 15 is 0 Å². The molecule has 0 aliphatic rings. The smallest absolute Gasteiger partial charge is 0.271 e. The number of carbonyl (C=O) groups is 1. The lowest BCUT2D eigenvalue weighted by atomic mass is 10.3. The number of ether oxygens (including phenoxy) is 1. The molecular formula is C14H13ClN2O5. The van der Waals surface area contributed by atoms with Crippen molar-refractivity contribution < 1.29 is 18.9 Å². The molecule has 1 heterocycles. The van der Waals surface area contributed by atoms with Crippen molar-refractivity contribution in [2.45, 2.75) is 6.54 Å². The second kappa shape index (κ2) is 6.95. The molecule has 0 aliphatic carbocycles. The first-order chi connectivity index (χ1) is 10.5. The van der Waals surface area contributed by atoms with Gasteiger partial charge in [-0.25, -0.2) is 0 Å². The molecule has 0 radical (unpaired) electrons. The van der Waals surface area contributed by atoms with E-state index < -0.39 is 4.92 Å². The summed E-state index contributed by atoms with van der Waals surface area (Å²) in [5, 5.41) is 10.7. The number of nitrogens with zero attached hydrogens (tertiary/aromatic N) is 2. The Balaban J connectivity index is 1.92. The molecule has 0 unspecified atom stereocenters. The molecule has 0 N–H and O–H groups in total. The Hall–Kier alpha value is -2.54. The van der Waals surface area contributed by atoms with Crippen molar-refractivity contribution in [2.75, 3.05) is 13.7 Å². The van der Waals surface area contributed by atoms with Crippen molar-refractivity contribution in [3.63, 3.8) is 0 Å². The highest BCUT2D eigenvalue weighted by Crippen LogP contribution is 2.28. The number of hydrogen-bond acceptors (Lipinski definition) is 5. The Labute approximate surface area is 131 Å². The molecule has 0 saturated carbocycles. The molecular weight excluding hydrogens is 312 g/mol. The maximum Gasteiger partial charge on any atom is 0.271 e. The zero-order valence-electron chi connectivity index (χ0n) is 11.7. The number of nitro groups is 1. The van der Waals surface area contributed by atoms with E-state index in [1.165, 1.54) is 29.4 Å². The SMILES string of the molecule is CN(Cc1ccco1)C(=O)COc1ccc([N+](=O)[O-])cc1Cl. The molecule has 0 saturated heterocycles. The molecule has 1 aromatic carbocycles. The second-order valence-electron chi connectivity index (χ2n) is 4.49. The summed E-state index contributed by atoms with van der Waals surface area (Å²) >= 11 is 5.88. The molecule has 116 valence electrons.